The summed E-state index contributed by atoms with van der Waals surface area (Å²) in [5, 5.41) is 18.3. The van der Waals surface area contributed by atoms with Crippen LogP contribution in [0.2, 0.25) is 0 Å². The molecule has 1 aromatic heterocycles. The number of ether oxygens (including phenoxy) is 1. The van der Waals surface area contributed by atoms with E-state index in [2.05, 4.69) is 10.3 Å². The minimum atomic E-state index is -1.15. The molecule has 1 aliphatic carbocycles. The number of hydrogen-bond donors (Lipinski definition) is 1. The van der Waals surface area contributed by atoms with Crippen molar-refractivity contribution in [1.29, 1.82) is 0 Å². The maximum atomic E-state index is 12.7. The molecule has 184 valence electrons. The molecule has 1 saturated carbocycles. The Morgan fingerprint density at radius 3 is 2.40 bits per heavy atom. The molecule has 4 rings (SSSR count). The van der Waals surface area contributed by atoms with Gasteiger partial charge in [0, 0.05) is 39.0 Å². The molecule has 1 fully saturated rings. The Morgan fingerprint density at radius 2 is 1.74 bits per heavy atom. The van der Waals surface area contributed by atoms with Crippen LogP contribution in [-0.4, -0.2) is 49.5 Å². The summed E-state index contributed by atoms with van der Waals surface area (Å²) >= 11 is 0. The molecule has 0 unspecified atom stereocenters. The van der Waals surface area contributed by atoms with Gasteiger partial charge in [-0.3, -0.25) is 9.48 Å². The summed E-state index contributed by atoms with van der Waals surface area (Å²) in [4.78, 5) is 26.4. The van der Waals surface area contributed by atoms with Crippen molar-refractivity contribution in [2.24, 2.45) is 7.05 Å². The third kappa shape index (κ3) is 5.70. The lowest BCUT2D eigenvalue weighted by Crippen LogP contribution is -2.46. The number of amides is 1. The fourth-order valence-electron chi connectivity index (χ4n) is 4.63. The Labute approximate surface area is 205 Å². The van der Waals surface area contributed by atoms with Gasteiger partial charge < -0.3 is 14.7 Å². The van der Waals surface area contributed by atoms with E-state index in [4.69, 9.17) is 4.74 Å². The second-order valence-electron chi connectivity index (χ2n) is 9.23. The molecule has 2 aromatic carbocycles. The van der Waals surface area contributed by atoms with E-state index < -0.39 is 11.6 Å². The van der Waals surface area contributed by atoms with Gasteiger partial charge in [-0.05, 0) is 55.5 Å². The Balaban J connectivity index is 1.42. The van der Waals surface area contributed by atoms with Crippen molar-refractivity contribution in [3.8, 4) is 17.0 Å². The zero-order valence-corrected chi connectivity index (χ0v) is 20.3. The van der Waals surface area contributed by atoms with Crippen LogP contribution in [0.25, 0.3) is 11.3 Å². The van der Waals surface area contributed by atoms with Crippen molar-refractivity contribution in [3.63, 3.8) is 0 Å². The minimum Gasteiger partial charge on any atom is -0.478 e. The van der Waals surface area contributed by atoms with Crippen LogP contribution in [0.3, 0.4) is 0 Å². The number of carbonyl (C=O) groups is 2. The molecule has 3 aromatic rings. The predicted octanol–water partition coefficient (Wildman–Crippen LogP) is 4.24. The second kappa shape index (κ2) is 10.7. The third-order valence-electron chi connectivity index (χ3n) is 6.70. The number of rotatable bonds is 9. The second-order valence-corrected chi connectivity index (χ2v) is 9.23. The maximum absolute atomic E-state index is 12.7. The molecule has 1 aliphatic rings. The van der Waals surface area contributed by atoms with Crippen LogP contribution in [0.15, 0.2) is 54.6 Å². The zero-order chi connectivity index (χ0) is 24.8. The van der Waals surface area contributed by atoms with Gasteiger partial charge in [0.05, 0.1) is 5.69 Å². The van der Waals surface area contributed by atoms with Crippen LogP contribution in [0.5, 0.6) is 5.75 Å². The van der Waals surface area contributed by atoms with Gasteiger partial charge in [-0.2, -0.15) is 0 Å². The van der Waals surface area contributed by atoms with E-state index >= 15 is 0 Å². The lowest BCUT2D eigenvalue weighted by Gasteiger charge is -2.33. The number of nitrogens with zero attached hydrogens (tertiary/aromatic N) is 4. The summed E-state index contributed by atoms with van der Waals surface area (Å²) in [5.74, 6) is -0.322. The van der Waals surface area contributed by atoms with Gasteiger partial charge in [0.25, 0.3) is 0 Å². The highest BCUT2D eigenvalue weighted by molar-refractivity contribution is 5.78. The van der Waals surface area contributed by atoms with Crippen LogP contribution in [0, 0.1) is 0 Å². The topological polar surface area (TPSA) is 97.6 Å². The maximum Gasteiger partial charge on any atom is 0.348 e. The Hall–Kier alpha value is -3.68. The van der Waals surface area contributed by atoms with Crippen LogP contribution in [-0.2, 0) is 29.6 Å². The van der Waals surface area contributed by atoms with Gasteiger partial charge >= 0.3 is 5.97 Å². The van der Waals surface area contributed by atoms with Gasteiger partial charge in [-0.1, -0.05) is 42.0 Å². The first kappa shape index (κ1) is 24.4. The number of aromatic nitrogens is 3. The summed E-state index contributed by atoms with van der Waals surface area (Å²) in [6.45, 7) is 0.565. The summed E-state index contributed by atoms with van der Waals surface area (Å²) in [6, 6.07) is 17.2. The molecule has 0 bridgehead atoms. The van der Waals surface area contributed by atoms with Gasteiger partial charge in [-0.25, -0.2) is 4.79 Å². The van der Waals surface area contributed by atoms with E-state index in [1.54, 1.807) is 21.7 Å². The first-order chi connectivity index (χ1) is 16.9. The molecule has 1 amide bonds. The average Bonchev–Trinajstić information content (AvgIpc) is 3.24. The van der Waals surface area contributed by atoms with Crippen LogP contribution < -0.4 is 4.74 Å². The van der Waals surface area contributed by atoms with E-state index in [1.165, 1.54) is 0 Å². The first-order valence-electron chi connectivity index (χ1n) is 12.1. The number of hydrogen-bond acceptors (Lipinski definition) is 5. The normalized spacial score (nSPS) is 14.9. The Bertz CT molecular complexity index is 1150. The molecular weight excluding hydrogens is 444 g/mol. The van der Waals surface area contributed by atoms with Crippen molar-refractivity contribution in [3.05, 3.63) is 65.9 Å². The van der Waals surface area contributed by atoms with Gasteiger partial charge in [-0.15, -0.1) is 5.10 Å². The van der Waals surface area contributed by atoms with E-state index in [-0.39, 0.29) is 5.91 Å². The molecule has 0 saturated heterocycles. The average molecular weight is 477 g/mol. The molecule has 35 heavy (non-hydrogen) atoms. The van der Waals surface area contributed by atoms with Crippen molar-refractivity contribution in [2.75, 3.05) is 7.05 Å². The number of carbonyl (C=O) groups excluding carboxylic acids is 1. The van der Waals surface area contributed by atoms with Gasteiger partial charge in [0.1, 0.15) is 11.4 Å². The highest BCUT2D eigenvalue weighted by Gasteiger charge is 2.42. The smallest absolute Gasteiger partial charge is 0.348 e. The quantitative estimate of drug-likeness (QED) is 0.496. The lowest BCUT2D eigenvalue weighted by molar-refractivity contribution is -0.158. The highest BCUT2D eigenvalue weighted by Crippen LogP contribution is 2.34. The molecule has 8 nitrogen and oxygen atoms in total. The predicted molar refractivity (Wildman–Crippen MR) is 132 cm³/mol. The molecule has 8 heteroatoms. The van der Waals surface area contributed by atoms with Crippen molar-refractivity contribution >= 4 is 11.9 Å². The van der Waals surface area contributed by atoms with E-state index in [9.17, 15) is 14.7 Å². The van der Waals surface area contributed by atoms with Crippen LogP contribution >= 0.6 is 0 Å². The Morgan fingerprint density at radius 1 is 1.06 bits per heavy atom. The zero-order valence-electron chi connectivity index (χ0n) is 20.3. The third-order valence-corrected chi connectivity index (χ3v) is 6.70. The minimum absolute atomic E-state index is 0.0520. The largest absolute Gasteiger partial charge is 0.478 e. The summed E-state index contributed by atoms with van der Waals surface area (Å²) in [6.07, 6.45) is 4.64. The fraction of sp³-hybridized carbons (Fsp3) is 0.407. The Kier molecular flexibility index (Phi) is 7.48. The highest BCUT2D eigenvalue weighted by atomic mass is 16.5. The molecular formula is C27H32N4O4. The molecule has 0 aliphatic heterocycles. The summed E-state index contributed by atoms with van der Waals surface area (Å²) in [5.41, 5.74) is 2.37. The SMILES string of the molecule is CN(Cc1ccccc1)C(=O)CCc1c(-c2ccc(OC3(C(=O)O)CCCCC3)cc2)nnn1C. The van der Waals surface area contributed by atoms with E-state index in [1.807, 2.05) is 56.6 Å². The van der Waals surface area contributed by atoms with Crippen LogP contribution in [0.4, 0.5) is 0 Å². The number of aryl methyl sites for hydroxylation is 1. The van der Waals surface area contributed by atoms with Crippen molar-refractivity contribution in [1.82, 2.24) is 19.9 Å². The first-order valence-corrected chi connectivity index (χ1v) is 12.1. The molecule has 0 spiro atoms. The fourth-order valence-corrected chi connectivity index (χ4v) is 4.63. The lowest BCUT2D eigenvalue weighted by atomic mass is 9.84. The number of benzene rings is 2. The number of carboxylic acids is 1. The van der Waals surface area contributed by atoms with Gasteiger partial charge in [0.15, 0.2) is 0 Å². The summed E-state index contributed by atoms with van der Waals surface area (Å²) in [7, 11) is 3.63. The van der Waals surface area contributed by atoms with E-state index in [0.29, 0.717) is 43.7 Å². The van der Waals surface area contributed by atoms with E-state index in [0.717, 1.165) is 36.1 Å². The molecule has 1 heterocycles. The monoisotopic (exact) mass is 476 g/mol. The molecule has 0 radical (unpaired) electrons. The summed E-state index contributed by atoms with van der Waals surface area (Å²) < 4.78 is 7.69. The molecule has 1 N–H and O–H groups in total. The van der Waals surface area contributed by atoms with Gasteiger partial charge in [0.2, 0.25) is 11.5 Å². The van der Waals surface area contributed by atoms with Crippen molar-refractivity contribution < 1.29 is 19.4 Å². The standard InChI is InChI=1S/C27H32N4O4/c1-30(19-20-9-5-3-6-10-20)24(32)16-15-23-25(28-29-31(23)2)21-11-13-22(14-12-21)35-27(26(33)34)17-7-4-8-18-27/h3,5-6,9-14H,4,7-8,15-19H2,1-2H3,(H,33,34). The van der Waals surface area contributed by atoms with Crippen LogP contribution in [0.1, 0.15) is 49.8 Å². The van der Waals surface area contributed by atoms with Crippen molar-refractivity contribution in [2.45, 2.75) is 57.1 Å². The molecule has 0 atom stereocenters. The number of aliphatic carboxylic acids is 1. The number of carboxylic acid groups (broad SMARTS) is 1.